The minimum Gasteiger partial charge on any atom is -0.345 e. The van der Waals surface area contributed by atoms with Crippen LogP contribution in [0, 0.1) is 24.6 Å². The molecule has 3 rings (SSSR count). The minimum absolute atomic E-state index is 0.0728. The van der Waals surface area contributed by atoms with Gasteiger partial charge in [-0.25, -0.2) is 4.39 Å². The summed E-state index contributed by atoms with van der Waals surface area (Å²) in [5.41, 5.74) is 1.01. The fraction of sp³-hybridized carbons (Fsp3) is 0.556. The van der Waals surface area contributed by atoms with Crippen molar-refractivity contribution in [3.8, 4) is 0 Å². The smallest absolute Gasteiger partial charge is 0.253 e. The zero-order valence-electron chi connectivity index (χ0n) is 13.9. The van der Waals surface area contributed by atoms with Gasteiger partial charge < -0.3 is 9.80 Å². The number of carbonyl (C=O) groups excluding carboxylic acids is 2. The predicted octanol–water partition coefficient (Wildman–Crippen LogP) is 2.46. The van der Waals surface area contributed by atoms with E-state index in [2.05, 4.69) is 0 Å². The van der Waals surface area contributed by atoms with Crippen LogP contribution in [0.1, 0.15) is 35.2 Å². The molecular formula is C18H23FN2O2. The number of carbonyl (C=O) groups is 2. The SMILES string of the molecule is Cc1cc(C(=O)N(C)[C@H]2C[C@H]3CC(=O)N(C)C[C@H]3C2)ccc1F. The number of piperidine rings is 1. The first-order valence-electron chi connectivity index (χ1n) is 8.14. The van der Waals surface area contributed by atoms with E-state index < -0.39 is 0 Å². The third-order valence-corrected chi connectivity index (χ3v) is 5.46. The topological polar surface area (TPSA) is 40.6 Å². The van der Waals surface area contributed by atoms with E-state index in [1.54, 1.807) is 28.9 Å². The largest absolute Gasteiger partial charge is 0.345 e. The van der Waals surface area contributed by atoms with Gasteiger partial charge in [-0.05, 0) is 55.4 Å². The van der Waals surface area contributed by atoms with Crippen LogP contribution in [0.3, 0.4) is 0 Å². The molecule has 0 bridgehead atoms. The highest BCUT2D eigenvalue weighted by molar-refractivity contribution is 5.94. The maximum absolute atomic E-state index is 13.4. The Balaban J connectivity index is 1.71. The van der Waals surface area contributed by atoms with Crippen molar-refractivity contribution >= 4 is 11.8 Å². The molecule has 0 unspecified atom stereocenters. The average molecular weight is 318 g/mol. The van der Waals surface area contributed by atoms with Crippen LogP contribution in [0.25, 0.3) is 0 Å². The minimum atomic E-state index is -0.294. The number of likely N-dealkylation sites (tertiary alicyclic amines) is 1. The lowest BCUT2D eigenvalue weighted by atomic mass is 9.88. The van der Waals surface area contributed by atoms with Gasteiger partial charge in [-0.3, -0.25) is 9.59 Å². The van der Waals surface area contributed by atoms with Crippen molar-refractivity contribution in [1.29, 1.82) is 0 Å². The number of benzene rings is 1. The van der Waals surface area contributed by atoms with Crippen LogP contribution < -0.4 is 0 Å². The van der Waals surface area contributed by atoms with Crippen LogP contribution in [0.5, 0.6) is 0 Å². The summed E-state index contributed by atoms with van der Waals surface area (Å²) in [7, 11) is 3.66. The summed E-state index contributed by atoms with van der Waals surface area (Å²) in [6.45, 7) is 2.45. The molecule has 0 aromatic heterocycles. The monoisotopic (exact) mass is 318 g/mol. The van der Waals surface area contributed by atoms with E-state index in [4.69, 9.17) is 0 Å². The Morgan fingerprint density at radius 1 is 1.30 bits per heavy atom. The Hall–Kier alpha value is -1.91. The molecule has 0 N–H and O–H groups in total. The van der Waals surface area contributed by atoms with Crippen LogP contribution in [0.2, 0.25) is 0 Å². The molecule has 23 heavy (non-hydrogen) atoms. The number of fused-ring (bicyclic) bond motifs is 1. The van der Waals surface area contributed by atoms with E-state index in [1.807, 2.05) is 14.1 Å². The van der Waals surface area contributed by atoms with Gasteiger partial charge in [0.1, 0.15) is 5.82 Å². The van der Waals surface area contributed by atoms with E-state index in [0.29, 0.717) is 29.4 Å². The first kappa shape index (κ1) is 16.0. The molecule has 3 atom stereocenters. The highest BCUT2D eigenvalue weighted by Gasteiger charge is 2.42. The number of halogens is 1. The van der Waals surface area contributed by atoms with Crippen molar-refractivity contribution in [3.05, 3.63) is 35.1 Å². The zero-order chi connectivity index (χ0) is 16.7. The van der Waals surface area contributed by atoms with Crippen LogP contribution in [0.15, 0.2) is 18.2 Å². The lowest BCUT2D eigenvalue weighted by Gasteiger charge is -2.31. The molecule has 0 radical (unpaired) electrons. The van der Waals surface area contributed by atoms with Crippen molar-refractivity contribution in [2.24, 2.45) is 11.8 Å². The van der Waals surface area contributed by atoms with E-state index >= 15 is 0 Å². The summed E-state index contributed by atoms with van der Waals surface area (Å²) in [4.78, 5) is 28.1. The maximum Gasteiger partial charge on any atom is 0.253 e. The molecule has 1 saturated carbocycles. The van der Waals surface area contributed by atoms with Crippen molar-refractivity contribution < 1.29 is 14.0 Å². The second kappa shape index (κ2) is 5.95. The number of amides is 2. The second-order valence-corrected chi connectivity index (χ2v) is 7.00. The maximum atomic E-state index is 13.4. The van der Waals surface area contributed by atoms with Gasteiger partial charge in [0.25, 0.3) is 5.91 Å². The highest BCUT2D eigenvalue weighted by Crippen LogP contribution is 2.40. The number of nitrogens with zero attached hydrogens (tertiary/aromatic N) is 2. The summed E-state index contributed by atoms with van der Waals surface area (Å²) >= 11 is 0. The van der Waals surface area contributed by atoms with Gasteiger partial charge >= 0.3 is 0 Å². The highest BCUT2D eigenvalue weighted by atomic mass is 19.1. The molecule has 124 valence electrons. The van der Waals surface area contributed by atoms with Crippen molar-refractivity contribution in [2.45, 2.75) is 32.2 Å². The Morgan fingerprint density at radius 3 is 2.70 bits per heavy atom. The number of aryl methyl sites for hydroxylation is 1. The molecule has 1 aromatic rings. The summed E-state index contributed by atoms with van der Waals surface area (Å²) in [5, 5.41) is 0. The van der Waals surface area contributed by atoms with Crippen molar-refractivity contribution in [1.82, 2.24) is 9.80 Å². The summed E-state index contributed by atoms with van der Waals surface area (Å²) < 4.78 is 13.4. The molecule has 1 heterocycles. The first-order valence-corrected chi connectivity index (χ1v) is 8.14. The molecule has 2 fully saturated rings. The summed E-state index contributed by atoms with van der Waals surface area (Å²) in [6.07, 6.45) is 2.41. The summed E-state index contributed by atoms with van der Waals surface area (Å²) in [6, 6.07) is 4.65. The van der Waals surface area contributed by atoms with Crippen LogP contribution in [0.4, 0.5) is 4.39 Å². The average Bonchev–Trinajstić information content (AvgIpc) is 2.91. The van der Waals surface area contributed by atoms with Gasteiger partial charge in [-0.1, -0.05) is 0 Å². The van der Waals surface area contributed by atoms with Gasteiger partial charge in [-0.2, -0.15) is 0 Å². The lowest BCUT2D eigenvalue weighted by Crippen LogP contribution is -2.39. The van der Waals surface area contributed by atoms with Gasteiger partial charge in [0, 0.05) is 38.7 Å². The van der Waals surface area contributed by atoms with Crippen LogP contribution in [-0.4, -0.2) is 48.3 Å². The van der Waals surface area contributed by atoms with Gasteiger partial charge in [-0.15, -0.1) is 0 Å². The molecule has 1 aromatic carbocycles. The Morgan fingerprint density at radius 2 is 2.00 bits per heavy atom. The van der Waals surface area contributed by atoms with Gasteiger partial charge in [0.2, 0.25) is 5.91 Å². The molecular weight excluding hydrogens is 295 g/mol. The van der Waals surface area contributed by atoms with E-state index in [-0.39, 0.29) is 23.7 Å². The normalized spacial score (nSPS) is 27.0. The number of rotatable bonds is 2. The first-order chi connectivity index (χ1) is 10.9. The van der Waals surface area contributed by atoms with E-state index in [1.165, 1.54) is 6.07 Å². The third kappa shape index (κ3) is 2.96. The molecule has 0 spiro atoms. The van der Waals surface area contributed by atoms with Crippen LogP contribution >= 0.6 is 0 Å². The molecule has 1 aliphatic carbocycles. The van der Waals surface area contributed by atoms with Crippen LogP contribution in [-0.2, 0) is 4.79 Å². The molecule has 5 heteroatoms. The quantitative estimate of drug-likeness (QED) is 0.840. The van der Waals surface area contributed by atoms with Gasteiger partial charge in [0.15, 0.2) is 0 Å². The standard InChI is InChI=1S/C18H23FN2O2/c1-11-6-12(4-5-16(11)19)18(23)21(3)15-7-13-9-17(22)20(2)10-14(13)8-15/h4-6,13-15H,7-10H2,1-3H3/t13-,14+,15-/m0/s1. The van der Waals surface area contributed by atoms with Crippen molar-refractivity contribution in [3.63, 3.8) is 0 Å². The lowest BCUT2D eigenvalue weighted by molar-refractivity contribution is -0.134. The Labute approximate surface area is 136 Å². The molecule has 2 amide bonds. The fourth-order valence-corrected chi connectivity index (χ4v) is 3.95. The number of hydrogen-bond donors (Lipinski definition) is 0. The summed E-state index contributed by atoms with van der Waals surface area (Å²) in [5.74, 6) is 0.700. The third-order valence-electron chi connectivity index (χ3n) is 5.46. The molecule has 4 nitrogen and oxygen atoms in total. The fourth-order valence-electron chi connectivity index (χ4n) is 3.95. The number of hydrogen-bond acceptors (Lipinski definition) is 2. The van der Waals surface area contributed by atoms with Crippen molar-refractivity contribution in [2.75, 3.05) is 20.6 Å². The predicted molar refractivity (Wildman–Crippen MR) is 85.5 cm³/mol. The molecule has 2 aliphatic rings. The Kier molecular flexibility index (Phi) is 4.13. The van der Waals surface area contributed by atoms with E-state index in [0.717, 1.165) is 19.4 Å². The second-order valence-electron chi connectivity index (χ2n) is 7.00. The van der Waals surface area contributed by atoms with Gasteiger partial charge in [0.05, 0.1) is 0 Å². The molecule has 1 aliphatic heterocycles. The van der Waals surface area contributed by atoms with E-state index in [9.17, 15) is 14.0 Å². The zero-order valence-corrected chi connectivity index (χ0v) is 13.9. The molecule has 1 saturated heterocycles. The Bertz CT molecular complexity index is 646.